The fourth-order valence-electron chi connectivity index (χ4n) is 3.10. The van der Waals surface area contributed by atoms with Gasteiger partial charge in [0, 0.05) is 57.6 Å². The van der Waals surface area contributed by atoms with Gasteiger partial charge in [-0.2, -0.15) is 0 Å². The van der Waals surface area contributed by atoms with E-state index in [2.05, 4.69) is 44.4 Å². The summed E-state index contributed by atoms with van der Waals surface area (Å²) in [6, 6.07) is 10.6. The molecule has 1 aromatic heterocycles. The van der Waals surface area contributed by atoms with Crippen molar-refractivity contribution in [1.82, 2.24) is 15.3 Å². The number of rotatable bonds is 4. The second-order valence-corrected chi connectivity index (χ2v) is 6.65. The Morgan fingerprint density at radius 1 is 1.16 bits per heavy atom. The molecule has 1 fully saturated rings. The maximum absolute atomic E-state index is 11.2. The Bertz CT molecular complexity index is 721. The molecule has 0 atom stereocenters. The number of piperidine rings is 1. The van der Waals surface area contributed by atoms with Gasteiger partial charge in [-0.05, 0) is 31.0 Å². The average molecular weight is 339 g/mol. The molecule has 0 spiro atoms. The van der Waals surface area contributed by atoms with E-state index < -0.39 is 0 Å². The highest BCUT2D eigenvalue weighted by molar-refractivity contribution is 5.73. The summed E-state index contributed by atoms with van der Waals surface area (Å²) in [6.07, 6.45) is 3.66. The van der Waals surface area contributed by atoms with Gasteiger partial charge >= 0.3 is 0 Å². The van der Waals surface area contributed by atoms with Crippen molar-refractivity contribution in [3.63, 3.8) is 0 Å². The molecular weight excluding hydrogens is 314 g/mol. The lowest BCUT2D eigenvalue weighted by Crippen LogP contribution is -2.44. The SMILES string of the molecule is CC(=O)NC1CCN(c2nccc(-c3ccc(N(C)C)cc3)n2)CC1. The lowest BCUT2D eigenvalue weighted by molar-refractivity contribution is -0.119. The van der Waals surface area contributed by atoms with Crippen LogP contribution in [0, 0.1) is 0 Å². The van der Waals surface area contributed by atoms with Gasteiger partial charge in [-0.25, -0.2) is 9.97 Å². The van der Waals surface area contributed by atoms with Gasteiger partial charge in [0.2, 0.25) is 11.9 Å². The van der Waals surface area contributed by atoms with Crippen molar-refractivity contribution in [3.8, 4) is 11.3 Å². The molecule has 1 aromatic carbocycles. The molecular formula is C19H25N5O. The van der Waals surface area contributed by atoms with Crippen LogP contribution < -0.4 is 15.1 Å². The summed E-state index contributed by atoms with van der Waals surface area (Å²) in [4.78, 5) is 24.6. The summed E-state index contributed by atoms with van der Waals surface area (Å²) in [5.74, 6) is 0.799. The second kappa shape index (κ2) is 7.51. The Labute approximate surface area is 148 Å². The number of hydrogen-bond donors (Lipinski definition) is 1. The highest BCUT2D eigenvalue weighted by Crippen LogP contribution is 2.23. The van der Waals surface area contributed by atoms with E-state index in [1.54, 1.807) is 6.92 Å². The molecule has 1 amide bonds. The zero-order valence-corrected chi connectivity index (χ0v) is 15.1. The lowest BCUT2D eigenvalue weighted by atomic mass is 10.1. The number of aromatic nitrogens is 2. The number of nitrogens with zero attached hydrogens (tertiary/aromatic N) is 4. The van der Waals surface area contributed by atoms with E-state index in [1.165, 1.54) is 0 Å². The van der Waals surface area contributed by atoms with Crippen LogP contribution in [0.25, 0.3) is 11.3 Å². The second-order valence-electron chi connectivity index (χ2n) is 6.65. The summed E-state index contributed by atoms with van der Waals surface area (Å²) < 4.78 is 0. The molecule has 2 heterocycles. The van der Waals surface area contributed by atoms with Crippen molar-refractivity contribution in [2.24, 2.45) is 0 Å². The first-order valence-electron chi connectivity index (χ1n) is 8.66. The van der Waals surface area contributed by atoms with E-state index in [0.29, 0.717) is 0 Å². The predicted octanol–water partition coefficient (Wildman–Crippen LogP) is 2.31. The molecule has 132 valence electrons. The molecule has 6 nitrogen and oxygen atoms in total. The van der Waals surface area contributed by atoms with Crippen molar-refractivity contribution in [2.75, 3.05) is 37.0 Å². The number of anilines is 2. The molecule has 0 radical (unpaired) electrons. The van der Waals surface area contributed by atoms with Crippen LogP contribution >= 0.6 is 0 Å². The van der Waals surface area contributed by atoms with E-state index in [9.17, 15) is 4.79 Å². The Kier molecular flexibility index (Phi) is 5.16. The Hall–Kier alpha value is -2.63. The van der Waals surface area contributed by atoms with E-state index in [0.717, 1.165) is 48.8 Å². The Balaban J connectivity index is 1.71. The van der Waals surface area contributed by atoms with Crippen LogP contribution in [0.15, 0.2) is 36.5 Å². The van der Waals surface area contributed by atoms with Crippen molar-refractivity contribution in [2.45, 2.75) is 25.8 Å². The third kappa shape index (κ3) is 4.26. The normalized spacial score (nSPS) is 15.1. The summed E-state index contributed by atoms with van der Waals surface area (Å²) in [5, 5.41) is 2.99. The predicted molar refractivity (Wildman–Crippen MR) is 101 cm³/mol. The van der Waals surface area contributed by atoms with Gasteiger partial charge < -0.3 is 15.1 Å². The fraction of sp³-hybridized carbons (Fsp3) is 0.421. The van der Waals surface area contributed by atoms with E-state index in [1.807, 2.05) is 26.4 Å². The minimum absolute atomic E-state index is 0.0397. The quantitative estimate of drug-likeness (QED) is 0.926. The number of amides is 1. The zero-order valence-electron chi connectivity index (χ0n) is 15.1. The molecule has 2 aromatic rings. The van der Waals surface area contributed by atoms with Crippen LogP contribution in [0.2, 0.25) is 0 Å². The van der Waals surface area contributed by atoms with Crippen LogP contribution in [0.3, 0.4) is 0 Å². The van der Waals surface area contributed by atoms with Gasteiger partial charge in [-0.15, -0.1) is 0 Å². The average Bonchev–Trinajstić information content (AvgIpc) is 2.62. The lowest BCUT2D eigenvalue weighted by Gasteiger charge is -2.32. The fourth-order valence-corrected chi connectivity index (χ4v) is 3.10. The molecule has 0 saturated carbocycles. The summed E-state index contributed by atoms with van der Waals surface area (Å²) in [7, 11) is 4.06. The molecule has 0 unspecified atom stereocenters. The van der Waals surface area contributed by atoms with Gasteiger partial charge in [0.15, 0.2) is 0 Å². The maximum atomic E-state index is 11.2. The maximum Gasteiger partial charge on any atom is 0.225 e. The van der Waals surface area contributed by atoms with Crippen LogP contribution in [0.1, 0.15) is 19.8 Å². The number of carbonyl (C=O) groups excluding carboxylic acids is 1. The summed E-state index contributed by atoms with van der Waals surface area (Å²) >= 11 is 0. The molecule has 0 bridgehead atoms. The van der Waals surface area contributed by atoms with Gasteiger partial charge in [0.25, 0.3) is 0 Å². The van der Waals surface area contributed by atoms with Gasteiger partial charge in [-0.3, -0.25) is 4.79 Å². The van der Waals surface area contributed by atoms with Crippen LogP contribution in [0.4, 0.5) is 11.6 Å². The first kappa shape index (κ1) is 17.2. The van der Waals surface area contributed by atoms with Gasteiger partial charge in [0.05, 0.1) is 5.69 Å². The smallest absolute Gasteiger partial charge is 0.225 e. The minimum Gasteiger partial charge on any atom is -0.378 e. The van der Waals surface area contributed by atoms with E-state index in [4.69, 9.17) is 4.98 Å². The van der Waals surface area contributed by atoms with Crippen molar-refractivity contribution in [3.05, 3.63) is 36.5 Å². The Morgan fingerprint density at radius 2 is 1.84 bits per heavy atom. The monoisotopic (exact) mass is 339 g/mol. The third-order valence-corrected chi connectivity index (χ3v) is 4.51. The molecule has 25 heavy (non-hydrogen) atoms. The topological polar surface area (TPSA) is 61.4 Å². The first-order valence-corrected chi connectivity index (χ1v) is 8.66. The van der Waals surface area contributed by atoms with Gasteiger partial charge in [-0.1, -0.05) is 12.1 Å². The standard InChI is InChI=1S/C19H25N5O/c1-14(25)21-16-9-12-24(13-10-16)19-20-11-8-18(22-19)15-4-6-17(7-5-15)23(2)3/h4-8,11,16H,9-10,12-13H2,1-3H3,(H,21,25). The summed E-state index contributed by atoms with van der Waals surface area (Å²) in [6.45, 7) is 3.28. The largest absolute Gasteiger partial charge is 0.378 e. The molecule has 1 saturated heterocycles. The molecule has 3 rings (SSSR count). The van der Waals surface area contributed by atoms with Crippen LogP contribution in [-0.2, 0) is 4.79 Å². The number of benzene rings is 1. The molecule has 1 N–H and O–H groups in total. The van der Waals surface area contributed by atoms with Crippen molar-refractivity contribution < 1.29 is 4.79 Å². The van der Waals surface area contributed by atoms with Gasteiger partial charge in [0.1, 0.15) is 0 Å². The highest BCUT2D eigenvalue weighted by atomic mass is 16.1. The van der Waals surface area contributed by atoms with Crippen molar-refractivity contribution >= 4 is 17.5 Å². The number of nitrogens with one attached hydrogen (secondary N) is 1. The molecule has 0 aliphatic carbocycles. The zero-order chi connectivity index (χ0) is 17.8. The highest BCUT2D eigenvalue weighted by Gasteiger charge is 2.21. The van der Waals surface area contributed by atoms with E-state index >= 15 is 0 Å². The third-order valence-electron chi connectivity index (χ3n) is 4.51. The minimum atomic E-state index is 0.0397. The van der Waals surface area contributed by atoms with Crippen molar-refractivity contribution in [1.29, 1.82) is 0 Å². The molecule has 6 heteroatoms. The number of carbonyl (C=O) groups is 1. The summed E-state index contributed by atoms with van der Waals surface area (Å²) in [5.41, 5.74) is 3.18. The van der Waals surface area contributed by atoms with Crippen LogP contribution in [0.5, 0.6) is 0 Å². The van der Waals surface area contributed by atoms with Crippen LogP contribution in [-0.4, -0.2) is 49.1 Å². The first-order chi connectivity index (χ1) is 12.0. The van der Waals surface area contributed by atoms with E-state index in [-0.39, 0.29) is 11.9 Å². The molecule has 1 aliphatic heterocycles. The Morgan fingerprint density at radius 3 is 2.44 bits per heavy atom. The molecule has 1 aliphatic rings. The number of hydrogen-bond acceptors (Lipinski definition) is 5.